The second-order valence-electron chi connectivity index (χ2n) is 5.05. The van der Waals surface area contributed by atoms with E-state index in [4.69, 9.17) is 16.3 Å². The van der Waals surface area contributed by atoms with Crippen molar-refractivity contribution in [1.29, 1.82) is 0 Å². The lowest BCUT2D eigenvalue weighted by Gasteiger charge is -2.26. The highest BCUT2D eigenvalue weighted by Crippen LogP contribution is 2.35. The highest BCUT2D eigenvalue weighted by molar-refractivity contribution is 6.30. The Bertz CT molecular complexity index is 372. The Morgan fingerprint density at radius 1 is 1.41 bits per heavy atom. The second-order valence-corrected chi connectivity index (χ2v) is 5.49. The fraction of sp³-hybridized carbons (Fsp3) is 0.571. The minimum atomic E-state index is -0.902. The first kappa shape index (κ1) is 14.3. The van der Waals surface area contributed by atoms with Gasteiger partial charge in [-0.1, -0.05) is 25.4 Å². The maximum Gasteiger partial charge on any atom is 0.125 e. The Kier molecular flexibility index (Phi) is 4.84. The van der Waals surface area contributed by atoms with E-state index in [0.717, 1.165) is 12.0 Å². The van der Waals surface area contributed by atoms with Crippen LogP contribution in [-0.4, -0.2) is 12.2 Å². The summed E-state index contributed by atoms with van der Waals surface area (Å²) >= 11 is 5.98. The van der Waals surface area contributed by atoms with E-state index in [1.165, 1.54) is 0 Å². The molecule has 1 aromatic carbocycles. The van der Waals surface area contributed by atoms with Crippen molar-refractivity contribution in [3.63, 3.8) is 0 Å². The lowest BCUT2D eigenvalue weighted by atomic mass is 9.88. The Balaban J connectivity index is 2.99. The van der Waals surface area contributed by atoms with Crippen LogP contribution in [0.5, 0.6) is 5.75 Å². The van der Waals surface area contributed by atoms with E-state index in [2.05, 4.69) is 13.8 Å². The molecular weight excluding hydrogens is 236 g/mol. The SMILES string of the molecule is COc1ccc(Cl)cc1C(C)(O)CCC(C)C. The van der Waals surface area contributed by atoms with Crippen molar-refractivity contribution in [2.45, 2.75) is 39.2 Å². The van der Waals surface area contributed by atoms with E-state index in [0.29, 0.717) is 23.1 Å². The lowest BCUT2D eigenvalue weighted by molar-refractivity contribution is 0.0396. The quantitative estimate of drug-likeness (QED) is 0.863. The van der Waals surface area contributed by atoms with Crippen LogP contribution in [0.2, 0.25) is 5.02 Å². The molecule has 0 amide bonds. The fourth-order valence-corrected chi connectivity index (χ4v) is 1.98. The predicted molar refractivity (Wildman–Crippen MR) is 71.6 cm³/mol. The number of benzene rings is 1. The summed E-state index contributed by atoms with van der Waals surface area (Å²) in [5.41, 5.74) is -0.145. The first-order valence-electron chi connectivity index (χ1n) is 5.93. The molecule has 0 spiro atoms. The van der Waals surface area contributed by atoms with Crippen LogP contribution in [0.1, 0.15) is 39.2 Å². The van der Waals surface area contributed by atoms with Crippen molar-refractivity contribution >= 4 is 11.6 Å². The molecule has 0 aromatic heterocycles. The Morgan fingerprint density at radius 2 is 2.06 bits per heavy atom. The summed E-state index contributed by atoms with van der Waals surface area (Å²) in [4.78, 5) is 0. The van der Waals surface area contributed by atoms with Crippen molar-refractivity contribution in [3.8, 4) is 5.75 Å². The average molecular weight is 257 g/mol. The summed E-state index contributed by atoms with van der Waals surface area (Å²) < 4.78 is 5.27. The highest BCUT2D eigenvalue weighted by Gasteiger charge is 2.27. The van der Waals surface area contributed by atoms with Crippen LogP contribution < -0.4 is 4.74 Å². The molecule has 0 saturated heterocycles. The summed E-state index contributed by atoms with van der Waals surface area (Å²) in [6.07, 6.45) is 1.66. The number of methoxy groups -OCH3 is 1. The average Bonchev–Trinajstić information content (AvgIpc) is 2.26. The summed E-state index contributed by atoms with van der Waals surface area (Å²) in [6, 6.07) is 5.34. The number of halogens is 1. The van der Waals surface area contributed by atoms with Crippen molar-refractivity contribution in [1.82, 2.24) is 0 Å². The zero-order valence-electron chi connectivity index (χ0n) is 11.0. The molecule has 0 saturated carbocycles. The molecule has 1 unspecified atom stereocenters. The molecule has 17 heavy (non-hydrogen) atoms. The topological polar surface area (TPSA) is 29.5 Å². The van der Waals surface area contributed by atoms with Gasteiger partial charge in [0.2, 0.25) is 0 Å². The normalized spacial score (nSPS) is 14.8. The predicted octanol–water partition coefficient (Wildman–Crippen LogP) is 3.99. The van der Waals surface area contributed by atoms with Gasteiger partial charge in [0, 0.05) is 10.6 Å². The van der Waals surface area contributed by atoms with Crippen LogP contribution in [-0.2, 0) is 5.60 Å². The molecule has 3 heteroatoms. The molecule has 0 aliphatic rings. The second kappa shape index (κ2) is 5.74. The van der Waals surface area contributed by atoms with E-state index in [1.807, 2.05) is 6.92 Å². The maximum absolute atomic E-state index is 10.5. The zero-order chi connectivity index (χ0) is 13.1. The third-order valence-electron chi connectivity index (χ3n) is 2.95. The zero-order valence-corrected chi connectivity index (χ0v) is 11.7. The molecule has 1 rings (SSSR count). The van der Waals surface area contributed by atoms with Gasteiger partial charge in [-0.05, 0) is 43.9 Å². The van der Waals surface area contributed by atoms with Crippen LogP contribution in [0.15, 0.2) is 18.2 Å². The van der Waals surface area contributed by atoms with E-state index in [-0.39, 0.29) is 0 Å². The molecular formula is C14H21ClO2. The van der Waals surface area contributed by atoms with Crippen LogP contribution in [0, 0.1) is 5.92 Å². The van der Waals surface area contributed by atoms with Crippen molar-refractivity contribution in [2.75, 3.05) is 7.11 Å². The Hall–Kier alpha value is -0.730. The smallest absolute Gasteiger partial charge is 0.125 e. The summed E-state index contributed by atoms with van der Waals surface area (Å²) in [5, 5.41) is 11.1. The van der Waals surface area contributed by atoms with Crippen molar-refractivity contribution < 1.29 is 9.84 Å². The number of hydrogen-bond donors (Lipinski definition) is 1. The minimum Gasteiger partial charge on any atom is -0.496 e. The Labute approximate surface area is 109 Å². The van der Waals surface area contributed by atoms with Gasteiger partial charge in [-0.25, -0.2) is 0 Å². The van der Waals surface area contributed by atoms with Gasteiger partial charge in [-0.15, -0.1) is 0 Å². The van der Waals surface area contributed by atoms with Crippen molar-refractivity contribution in [2.24, 2.45) is 5.92 Å². The number of ether oxygens (including phenoxy) is 1. The van der Waals surface area contributed by atoms with Gasteiger partial charge in [0.25, 0.3) is 0 Å². The van der Waals surface area contributed by atoms with Crippen molar-refractivity contribution in [3.05, 3.63) is 28.8 Å². The third-order valence-corrected chi connectivity index (χ3v) is 3.19. The lowest BCUT2D eigenvalue weighted by Crippen LogP contribution is -2.22. The summed E-state index contributed by atoms with van der Waals surface area (Å²) in [5.74, 6) is 1.25. The molecule has 0 heterocycles. The van der Waals surface area contributed by atoms with E-state index in [1.54, 1.807) is 25.3 Å². The first-order valence-corrected chi connectivity index (χ1v) is 6.31. The van der Waals surface area contributed by atoms with Gasteiger partial charge in [0.15, 0.2) is 0 Å². The molecule has 2 nitrogen and oxygen atoms in total. The molecule has 0 radical (unpaired) electrons. The highest BCUT2D eigenvalue weighted by atomic mass is 35.5. The van der Waals surface area contributed by atoms with E-state index >= 15 is 0 Å². The molecule has 1 atom stereocenters. The molecule has 1 aromatic rings. The molecule has 1 N–H and O–H groups in total. The standard InChI is InChI=1S/C14H21ClO2/c1-10(2)7-8-14(3,16)12-9-11(15)5-6-13(12)17-4/h5-6,9-10,16H,7-8H2,1-4H3. The van der Waals surface area contributed by atoms with Gasteiger partial charge >= 0.3 is 0 Å². The third kappa shape index (κ3) is 3.90. The first-order chi connectivity index (χ1) is 7.86. The molecule has 96 valence electrons. The van der Waals surface area contributed by atoms with Gasteiger partial charge in [-0.3, -0.25) is 0 Å². The number of rotatable bonds is 5. The Morgan fingerprint density at radius 3 is 2.59 bits per heavy atom. The van der Waals surface area contributed by atoms with Gasteiger partial charge in [-0.2, -0.15) is 0 Å². The van der Waals surface area contributed by atoms with Gasteiger partial charge in [0.05, 0.1) is 12.7 Å². The van der Waals surface area contributed by atoms with Crippen LogP contribution >= 0.6 is 11.6 Å². The van der Waals surface area contributed by atoms with E-state index in [9.17, 15) is 5.11 Å². The molecule has 0 aliphatic heterocycles. The van der Waals surface area contributed by atoms with E-state index < -0.39 is 5.60 Å². The number of aliphatic hydroxyl groups is 1. The van der Waals surface area contributed by atoms with Gasteiger partial charge < -0.3 is 9.84 Å². The molecule has 0 aliphatic carbocycles. The summed E-state index contributed by atoms with van der Waals surface area (Å²) in [7, 11) is 1.60. The maximum atomic E-state index is 10.5. The fourth-order valence-electron chi connectivity index (χ4n) is 1.81. The van der Waals surface area contributed by atoms with Crippen LogP contribution in [0.4, 0.5) is 0 Å². The minimum absolute atomic E-state index is 0.562. The van der Waals surface area contributed by atoms with Crippen LogP contribution in [0.25, 0.3) is 0 Å². The largest absolute Gasteiger partial charge is 0.496 e. The van der Waals surface area contributed by atoms with Crippen LogP contribution in [0.3, 0.4) is 0 Å². The number of hydrogen-bond acceptors (Lipinski definition) is 2. The van der Waals surface area contributed by atoms with Gasteiger partial charge in [0.1, 0.15) is 5.75 Å². The molecule has 0 bridgehead atoms. The summed E-state index contributed by atoms with van der Waals surface area (Å²) in [6.45, 7) is 6.10. The monoisotopic (exact) mass is 256 g/mol. The molecule has 0 fully saturated rings.